The lowest BCUT2D eigenvalue weighted by molar-refractivity contribution is -0.411. The van der Waals surface area contributed by atoms with Crippen LogP contribution in [0, 0.1) is 17.7 Å². The molecule has 2 aromatic rings. The van der Waals surface area contributed by atoms with Gasteiger partial charge in [-0.25, -0.2) is 4.39 Å². The molecular formula is C21H19FN3O3-. The van der Waals surface area contributed by atoms with Gasteiger partial charge >= 0.3 is 0 Å². The SMILES string of the molecule is CC(=O)c1c[nH]c(/C=C2\C(=O)Nc3ccc(F)c(C#CCNCC(C)[O-])c32)c1. The summed E-state index contributed by atoms with van der Waals surface area (Å²) in [6.07, 6.45) is 2.36. The molecule has 0 fully saturated rings. The molecule has 28 heavy (non-hydrogen) atoms. The summed E-state index contributed by atoms with van der Waals surface area (Å²) >= 11 is 0. The van der Waals surface area contributed by atoms with Crippen molar-refractivity contribution in [2.75, 3.05) is 18.4 Å². The summed E-state index contributed by atoms with van der Waals surface area (Å²) in [5.41, 5.74) is 2.27. The molecule has 2 heterocycles. The molecule has 0 aliphatic carbocycles. The number of anilines is 1. The van der Waals surface area contributed by atoms with E-state index in [2.05, 4.69) is 27.5 Å². The number of ketones is 1. The second-order valence-electron chi connectivity index (χ2n) is 6.50. The molecule has 1 amide bonds. The van der Waals surface area contributed by atoms with Crippen LogP contribution in [0.2, 0.25) is 0 Å². The van der Waals surface area contributed by atoms with Gasteiger partial charge in [-0.2, -0.15) is 0 Å². The van der Waals surface area contributed by atoms with Gasteiger partial charge in [0.05, 0.1) is 23.4 Å². The number of carbonyl (C=O) groups excluding carboxylic acids is 2. The van der Waals surface area contributed by atoms with Gasteiger partial charge in [0.2, 0.25) is 0 Å². The van der Waals surface area contributed by atoms with Crippen LogP contribution in [-0.2, 0) is 4.79 Å². The quantitative estimate of drug-likeness (QED) is 0.317. The van der Waals surface area contributed by atoms with Gasteiger partial charge in [0.25, 0.3) is 5.91 Å². The first kappa shape index (κ1) is 19.5. The minimum absolute atomic E-state index is 0.102. The van der Waals surface area contributed by atoms with Crippen LogP contribution in [-0.4, -0.2) is 35.9 Å². The van der Waals surface area contributed by atoms with E-state index in [1.165, 1.54) is 26.0 Å². The number of fused-ring (bicyclic) bond motifs is 1. The van der Waals surface area contributed by atoms with E-state index in [9.17, 15) is 19.1 Å². The fourth-order valence-electron chi connectivity index (χ4n) is 2.85. The van der Waals surface area contributed by atoms with Crippen molar-refractivity contribution in [3.8, 4) is 11.8 Å². The number of carbonyl (C=O) groups is 2. The molecule has 0 radical (unpaired) electrons. The standard InChI is InChI=1S/C21H19FN3O3/c1-12(26)10-23-7-3-4-16-18(22)5-6-19-20(16)17(21(28)25-19)9-15-8-14(11-24-15)13(2)27/h5-6,8-9,11-12,23-24H,7,10H2,1-2H3,(H,25,28)/q-1/b17-9-. The van der Waals surface area contributed by atoms with Crippen LogP contribution in [0.5, 0.6) is 0 Å². The van der Waals surface area contributed by atoms with E-state index in [0.29, 0.717) is 22.5 Å². The van der Waals surface area contributed by atoms with Crippen molar-refractivity contribution in [2.24, 2.45) is 0 Å². The van der Waals surface area contributed by atoms with E-state index in [4.69, 9.17) is 0 Å². The molecule has 1 unspecified atom stereocenters. The van der Waals surface area contributed by atoms with E-state index in [1.54, 1.807) is 18.3 Å². The number of nitrogens with one attached hydrogen (secondary N) is 3. The van der Waals surface area contributed by atoms with Crippen molar-refractivity contribution in [3.05, 3.63) is 52.6 Å². The van der Waals surface area contributed by atoms with Gasteiger partial charge in [-0.15, -0.1) is 6.10 Å². The summed E-state index contributed by atoms with van der Waals surface area (Å²) < 4.78 is 14.4. The van der Waals surface area contributed by atoms with Gasteiger partial charge in [-0.05, 0) is 37.7 Å². The van der Waals surface area contributed by atoms with Gasteiger partial charge in [0, 0.05) is 23.0 Å². The van der Waals surface area contributed by atoms with E-state index in [1.807, 2.05) is 0 Å². The molecule has 6 nitrogen and oxygen atoms in total. The maximum atomic E-state index is 14.4. The number of hydrogen-bond donors (Lipinski definition) is 3. The van der Waals surface area contributed by atoms with Crippen LogP contribution >= 0.6 is 0 Å². The van der Waals surface area contributed by atoms with Crippen LogP contribution in [0.25, 0.3) is 11.6 Å². The van der Waals surface area contributed by atoms with Crippen LogP contribution in [0.4, 0.5) is 10.1 Å². The number of Topliss-reactive ketones (excluding diaryl/α,β-unsaturated/α-hetero) is 1. The zero-order valence-electron chi connectivity index (χ0n) is 15.5. The monoisotopic (exact) mass is 380 g/mol. The molecule has 7 heteroatoms. The number of halogens is 1. The van der Waals surface area contributed by atoms with Crippen molar-refractivity contribution >= 4 is 29.0 Å². The van der Waals surface area contributed by atoms with Gasteiger partial charge in [0.1, 0.15) is 5.82 Å². The number of amides is 1. The zero-order chi connectivity index (χ0) is 20.3. The molecule has 0 bridgehead atoms. The molecule has 3 N–H and O–H groups in total. The summed E-state index contributed by atoms with van der Waals surface area (Å²) in [4.78, 5) is 26.8. The molecule has 1 aliphatic heterocycles. The molecule has 1 aromatic carbocycles. The molecule has 0 saturated heterocycles. The number of rotatable bonds is 5. The van der Waals surface area contributed by atoms with Crippen molar-refractivity contribution < 1.29 is 19.1 Å². The Bertz CT molecular complexity index is 1030. The molecular weight excluding hydrogens is 361 g/mol. The van der Waals surface area contributed by atoms with E-state index in [-0.39, 0.29) is 35.9 Å². The first-order chi connectivity index (χ1) is 13.4. The van der Waals surface area contributed by atoms with Gasteiger partial charge in [-0.3, -0.25) is 9.59 Å². The van der Waals surface area contributed by atoms with Gasteiger partial charge in [0.15, 0.2) is 5.78 Å². The van der Waals surface area contributed by atoms with Crippen molar-refractivity contribution in [2.45, 2.75) is 20.0 Å². The molecule has 1 aromatic heterocycles. The minimum atomic E-state index is -0.753. The maximum Gasteiger partial charge on any atom is 0.256 e. The third-order valence-electron chi connectivity index (χ3n) is 4.19. The highest BCUT2D eigenvalue weighted by Crippen LogP contribution is 2.36. The first-order valence-corrected chi connectivity index (χ1v) is 8.77. The number of aromatic nitrogens is 1. The second kappa shape index (κ2) is 8.21. The van der Waals surface area contributed by atoms with E-state index < -0.39 is 11.9 Å². The third-order valence-corrected chi connectivity index (χ3v) is 4.19. The number of aromatic amines is 1. The smallest absolute Gasteiger partial charge is 0.256 e. The molecule has 0 spiro atoms. The minimum Gasteiger partial charge on any atom is -0.851 e. The maximum absolute atomic E-state index is 14.4. The Labute approximate surface area is 161 Å². The number of benzene rings is 1. The molecule has 3 rings (SSSR count). The average molecular weight is 380 g/mol. The Balaban J connectivity index is 1.96. The summed E-state index contributed by atoms with van der Waals surface area (Å²) in [5, 5.41) is 16.6. The molecule has 1 aliphatic rings. The van der Waals surface area contributed by atoms with Crippen molar-refractivity contribution in [3.63, 3.8) is 0 Å². The Hall–Kier alpha value is -3.21. The largest absolute Gasteiger partial charge is 0.851 e. The second-order valence-corrected chi connectivity index (χ2v) is 6.50. The lowest BCUT2D eigenvalue weighted by Gasteiger charge is -2.14. The number of H-pyrrole nitrogens is 1. The lowest BCUT2D eigenvalue weighted by atomic mass is 9.99. The summed E-state index contributed by atoms with van der Waals surface area (Å²) in [7, 11) is 0. The Morgan fingerprint density at radius 1 is 1.43 bits per heavy atom. The van der Waals surface area contributed by atoms with Crippen molar-refractivity contribution in [1.82, 2.24) is 10.3 Å². The van der Waals surface area contributed by atoms with Crippen LogP contribution < -0.4 is 15.7 Å². The van der Waals surface area contributed by atoms with E-state index >= 15 is 0 Å². The van der Waals surface area contributed by atoms with Crippen molar-refractivity contribution in [1.29, 1.82) is 0 Å². The predicted octanol–water partition coefficient (Wildman–Crippen LogP) is 1.54. The van der Waals surface area contributed by atoms with Crippen LogP contribution in [0.3, 0.4) is 0 Å². The number of hydrogen-bond acceptors (Lipinski definition) is 4. The normalized spacial score (nSPS) is 15.0. The Morgan fingerprint density at radius 3 is 2.89 bits per heavy atom. The highest BCUT2D eigenvalue weighted by atomic mass is 19.1. The Morgan fingerprint density at radius 2 is 2.21 bits per heavy atom. The predicted molar refractivity (Wildman–Crippen MR) is 103 cm³/mol. The average Bonchev–Trinajstić information content (AvgIpc) is 3.22. The summed E-state index contributed by atoms with van der Waals surface area (Å²) in [5.74, 6) is 4.53. The molecule has 0 saturated carbocycles. The van der Waals surface area contributed by atoms with Crippen LogP contribution in [0.1, 0.15) is 41.0 Å². The van der Waals surface area contributed by atoms with E-state index in [0.717, 1.165) is 0 Å². The third kappa shape index (κ3) is 4.19. The highest BCUT2D eigenvalue weighted by Gasteiger charge is 2.28. The summed E-state index contributed by atoms with van der Waals surface area (Å²) in [6, 6.07) is 4.36. The first-order valence-electron chi connectivity index (χ1n) is 8.77. The summed E-state index contributed by atoms with van der Waals surface area (Å²) in [6.45, 7) is 3.48. The highest BCUT2D eigenvalue weighted by molar-refractivity contribution is 6.35. The van der Waals surface area contributed by atoms with Gasteiger partial charge < -0.3 is 20.7 Å². The lowest BCUT2D eigenvalue weighted by Crippen LogP contribution is -2.34. The fraction of sp³-hybridized carbons (Fsp3) is 0.238. The molecule has 1 atom stereocenters. The molecule has 144 valence electrons. The van der Waals surface area contributed by atoms with Gasteiger partial charge in [-0.1, -0.05) is 18.8 Å². The topological polar surface area (TPSA) is 97.0 Å². The fourth-order valence-corrected chi connectivity index (χ4v) is 2.85. The zero-order valence-corrected chi connectivity index (χ0v) is 15.5. The van der Waals surface area contributed by atoms with Crippen LogP contribution in [0.15, 0.2) is 24.4 Å². The Kier molecular flexibility index (Phi) is 5.73.